The lowest BCUT2D eigenvalue weighted by Crippen LogP contribution is -2.28. The van der Waals surface area contributed by atoms with Gasteiger partial charge < -0.3 is 16.8 Å². The maximum Gasteiger partial charge on any atom is 0.248 e. The average Bonchev–Trinajstić information content (AvgIpc) is 2.25. The first kappa shape index (κ1) is 13.1. The zero-order valence-electron chi connectivity index (χ0n) is 10.3. The van der Waals surface area contributed by atoms with Crippen LogP contribution >= 0.6 is 0 Å². The zero-order valence-corrected chi connectivity index (χ0v) is 10.3. The van der Waals surface area contributed by atoms with Crippen molar-refractivity contribution in [1.29, 1.82) is 0 Å². The van der Waals surface area contributed by atoms with Crippen LogP contribution in [0.5, 0.6) is 0 Å². The van der Waals surface area contributed by atoms with Crippen molar-refractivity contribution in [2.24, 2.45) is 17.4 Å². The number of hydrogen-bond acceptors (Lipinski definition) is 3. The number of carbonyl (C=O) groups excluding carboxylic acids is 3. The second kappa shape index (κ2) is 5.09. The zero-order chi connectivity index (χ0) is 14.0. The topological polar surface area (TPSA) is 115 Å². The van der Waals surface area contributed by atoms with Crippen LogP contribution in [0.1, 0.15) is 40.0 Å². The van der Waals surface area contributed by atoms with Crippen molar-refractivity contribution in [2.45, 2.75) is 19.3 Å². The van der Waals surface area contributed by atoms with E-state index in [-0.39, 0.29) is 23.0 Å². The number of carbonyl (C=O) groups is 3. The molecule has 0 bridgehead atoms. The SMILES string of the molecule is NC(=O)c1cc(NC(=O)C2CCC2)cc(C(N)=O)c1. The van der Waals surface area contributed by atoms with E-state index in [9.17, 15) is 14.4 Å². The fourth-order valence-electron chi connectivity index (χ4n) is 1.90. The third-order valence-corrected chi connectivity index (χ3v) is 3.25. The molecule has 1 aliphatic carbocycles. The molecule has 1 aromatic carbocycles. The maximum atomic E-state index is 11.8. The normalized spacial score (nSPS) is 14.5. The van der Waals surface area contributed by atoms with Gasteiger partial charge in [0.2, 0.25) is 17.7 Å². The molecule has 0 aliphatic heterocycles. The van der Waals surface area contributed by atoms with Gasteiger partial charge in [0.15, 0.2) is 0 Å². The van der Waals surface area contributed by atoms with Crippen molar-refractivity contribution < 1.29 is 14.4 Å². The lowest BCUT2D eigenvalue weighted by Gasteiger charge is -2.24. The smallest absolute Gasteiger partial charge is 0.248 e. The van der Waals surface area contributed by atoms with Gasteiger partial charge in [-0.3, -0.25) is 14.4 Å². The molecule has 0 radical (unpaired) electrons. The van der Waals surface area contributed by atoms with Crippen LogP contribution in [0.25, 0.3) is 0 Å². The standard InChI is InChI=1S/C13H15N3O3/c14-11(17)8-4-9(12(15)18)6-10(5-8)16-13(19)7-2-1-3-7/h4-7H,1-3H2,(H2,14,17)(H2,15,18)(H,16,19). The van der Waals surface area contributed by atoms with E-state index < -0.39 is 11.8 Å². The van der Waals surface area contributed by atoms with Crippen molar-refractivity contribution >= 4 is 23.4 Å². The molecule has 5 N–H and O–H groups in total. The van der Waals surface area contributed by atoms with Gasteiger partial charge >= 0.3 is 0 Å². The molecule has 1 fully saturated rings. The quantitative estimate of drug-likeness (QED) is 0.737. The van der Waals surface area contributed by atoms with Gasteiger partial charge in [-0.05, 0) is 31.0 Å². The predicted octanol–water partition coefficient (Wildman–Crippen LogP) is 0.623. The summed E-state index contributed by atoms with van der Waals surface area (Å²) in [6.07, 6.45) is 2.78. The fraction of sp³-hybridized carbons (Fsp3) is 0.308. The second-order valence-corrected chi connectivity index (χ2v) is 4.64. The largest absolute Gasteiger partial charge is 0.366 e. The van der Waals surface area contributed by atoms with Crippen LogP contribution in [0.3, 0.4) is 0 Å². The summed E-state index contributed by atoms with van der Waals surface area (Å²) < 4.78 is 0. The third kappa shape index (κ3) is 2.90. The molecule has 1 aromatic rings. The van der Waals surface area contributed by atoms with E-state index in [4.69, 9.17) is 11.5 Å². The minimum atomic E-state index is -0.678. The van der Waals surface area contributed by atoms with E-state index in [0.29, 0.717) is 5.69 Å². The van der Waals surface area contributed by atoms with E-state index >= 15 is 0 Å². The molecule has 1 saturated carbocycles. The molecule has 3 amide bonds. The summed E-state index contributed by atoms with van der Waals surface area (Å²) >= 11 is 0. The first-order chi connectivity index (χ1) is 8.97. The number of primary amides is 2. The Morgan fingerprint density at radius 1 is 1.00 bits per heavy atom. The summed E-state index contributed by atoms with van der Waals surface area (Å²) in [7, 11) is 0. The Morgan fingerprint density at radius 3 is 1.89 bits per heavy atom. The summed E-state index contributed by atoms with van der Waals surface area (Å²) in [6, 6.07) is 4.18. The van der Waals surface area contributed by atoms with Gasteiger partial charge in [0.1, 0.15) is 0 Å². The molecule has 0 heterocycles. The number of hydrogen-bond donors (Lipinski definition) is 3. The van der Waals surface area contributed by atoms with Crippen molar-refractivity contribution in [2.75, 3.05) is 5.32 Å². The molecule has 1 aliphatic rings. The van der Waals surface area contributed by atoms with E-state index in [0.717, 1.165) is 19.3 Å². The van der Waals surface area contributed by atoms with Gasteiger partial charge in [-0.2, -0.15) is 0 Å². The molecule has 0 saturated heterocycles. The number of anilines is 1. The molecular formula is C13H15N3O3. The molecule has 6 nitrogen and oxygen atoms in total. The highest BCUT2D eigenvalue weighted by Crippen LogP contribution is 2.27. The van der Waals surface area contributed by atoms with Gasteiger partial charge in [-0.25, -0.2) is 0 Å². The molecule has 6 heteroatoms. The van der Waals surface area contributed by atoms with Gasteiger partial charge in [-0.15, -0.1) is 0 Å². The first-order valence-electron chi connectivity index (χ1n) is 6.03. The minimum absolute atomic E-state index is 0.00858. The van der Waals surface area contributed by atoms with E-state index in [2.05, 4.69) is 5.32 Å². The number of amides is 3. The van der Waals surface area contributed by atoms with Crippen LogP contribution in [0.2, 0.25) is 0 Å². The van der Waals surface area contributed by atoms with Crippen LogP contribution in [0.4, 0.5) is 5.69 Å². The fourth-order valence-corrected chi connectivity index (χ4v) is 1.90. The third-order valence-electron chi connectivity index (χ3n) is 3.25. The molecular weight excluding hydrogens is 246 g/mol. The Bertz CT molecular complexity index is 518. The monoisotopic (exact) mass is 261 g/mol. The number of nitrogens with one attached hydrogen (secondary N) is 1. The highest BCUT2D eigenvalue weighted by Gasteiger charge is 2.25. The van der Waals surface area contributed by atoms with Crippen molar-refractivity contribution in [3.63, 3.8) is 0 Å². The van der Waals surface area contributed by atoms with E-state index in [1.165, 1.54) is 18.2 Å². The Morgan fingerprint density at radius 2 is 1.53 bits per heavy atom. The first-order valence-corrected chi connectivity index (χ1v) is 6.03. The van der Waals surface area contributed by atoms with Crippen LogP contribution < -0.4 is 16.8 Å². The van der Waals surface area contributed by atoms with E-state index in [1.54, 1.807) is 0 Å². The predicted molar refractivity (Wildman–Crippen MR) is 69.4 cm³/mol. The van der Waals surface area contributed by atoms with Gasteiger partial charge in [0.25, 0.3) is 0 Å². The summed E-state index contributed by atoms with van der Waals surface area (Å²) in [5.41, 5.74) is 11.0. The lowest BCUT2D eigenvalue weighted by molar-refractivity contribution is -0.122. The van der Waals surface area contributed by atoms with Gasteiger partial charge in [0, 0.05) is 22.7 Å². The highest BCUT2D eigenvalue weighted by molar-refractivity contribution is 6.02. The number of rotatable bonds is 4. The summed E-state index contributed by atoms with van der Waals surface area (Å²) in [5, 5.41) is 2.68. The highest BCUT2D eigenvalue weighted by atomic mass is 16.2. The number of benzene rings is 1. The molecule has 0 atom stereocenters. The molecule has 0 aromatic heterocycles. The van der Waals surface area contributed by atoms with Crippen molar-refractivity contribution in [3.8, 4) is 0 Å². The van der Waals surface area contributed by atoms with Gasteiger partial charge in [-0.1, -0.05) is 6.42 Å². The average molecular weight is 261 g/mol. The summed E-state index contributed by atoms with van der Waals surface area (Å²) in [4.78, 5) is 34.2. The summed E-state index contributed by atoms with van der Waals surface area (Å²) in [5.74, 6) is -1.46. The van der Waals surface area contributed by atoms with Gasteiger partial charge in [0.05, 0.1) is 0 Å². The molecule has 100 valence electrons. The Hall–Kier alpha value is -2.37. The molecule has 0 spiro atoms. The Labute approximate surface area is 110 Å². The van der Waals surface area contributed by atoms with Crippen LogP contribution in [-0.4, -0.2) is 17.7 Å². The van der Waals surface area contributed by atoms with Crippen molar-refractivity contribution in [1.82, 2.24) is 0 Å². The van der Waals surface area contributed by atoms with Crippen LogP contribution in [-0.2, 0) is 4.79 Å². The molecule has 19 heavy (non-hydrogen) atoms. The molecule has 2 rings (SSSR count). The summed E-state index contributed by atoms with van der Waals surface area (Å²) in [6.45, 7) is 0. The van der Waals surface area contributed by atoms with Crippen molar-refractivity contribution in [3.05, 3.63) is 29.3 Å². The maximum absolute atomic E-state index is 11.8. The Kier molecular flexibility index (Phi) is 3.50. The second-order valence-electron chi connectivity index (χ2n) is 4.64. The van der Waals surface area contributed by atoms with Crippen LogP contribution in [0, 0.1) is 5.92 Å². The van der Waals surface area contributed by atoms with E-state index in [1.807, 2.05) is 0 Å². The Balaban J connectivity index is 2.25. The molecule has 0 unspecified atom stereocenters. The lowest BCUT2D eigenvalue weighted by atomic mass is 9.85. The van der Waals surface area contributed by atoms with Crippen LogP contribution in [0.15, 0.2) is 18.2 Å². The minimum Gasteiger partial charge on any atom is -0.366 e. The number of nitrogens with two attached hydrogens (primary N) is 2.